The van der Waals surface area contributed by atoms with Gasteiger partial charge in [0.1, 0.15) is 5.60 Å². The second-order valence-electron chi connectivity index (χ2n) is 9.72. The Morgan fingerprint density at radius 3 is 1.62 bits per heavy atom. The molecule has 4 bridgehead atoms. The van der Waals surface area contributed by atoms with Gasteiger partial charge < -0.3 is 15.1 Å². The normalized spacial score (nSPS) is 31.8. The molecule has 4 aliphatic rings. The Kier molecular flexibility index (Phi) is 7.72. The fourth-order valence-electron chi connectivity index (χ4n) is 5.56. The fourth-order valence-corrected chi connectivity index (χ4v) is 6.02. The van der Waals surface area contributed by atoms with Crippen molar-refractivity contribution < 1.29 is 90.7 Å². The van der Waals surface area contributed by atoms with Crippen LogP contribution in [0, 0.1) is 17.8 Å². The molecule has 228 valence electrons. The van der Waals surface area contributed by atoms with Crippen molar-refractivity contribution in [2.75, 3.05) is 0 Å². The van der Waals surface area contributed by atoms with Crippen molar-refractivity contribution in [2.45, 2.75) is 84.6 Å². The molecular weight excluding hydrogens is 610 g/mol. The van der Waals surface area contributed by atoms with Crippen LogP contribution in [0.4, 0.5) is 61.5 Å². The van der Waals surface area contributed by atoms with E-state index in [0.717, 1.165) is 0 Å². The van der Waals surface area contributed by atoms with Crippen LogP contribution >= 0.6 is 12.0 Å². The van der Waals surface area contributed by atoms with Gasteiger partial charge in [0.15, 0.2) is 0 Å². The second-order valence-corrected chi connectivity index (χ2v) is 10.6. The fraction of sp³-hybridized carbons (Fsp3) is 0.944. The van der Waals surface area contributed by atoms with Gasteiger partial charge in [0.05, 0.1) is 18.1 Å². The number of esters is 1. The van der Waals surface area contributed by atoms with Crippen LogP contribution in [0.25, 0.3) is 0 Å². The molecule has 3 unspecified atom stereocenters. The van der Waals surface area contributed by atoms with Gasteiger partial charge in [-0.25, -0.2) is 9.18 Å². The summed E-state index contributed by atoms with van der Waals surface area (Å²) in [5, 5.41) is 16.4. The lowest BCUT2D eigenvalue weighted by Gasteiger charge is -2.58. The van der Waals surface area contributed by atoms with E-state index < -0.39 is 82.3 Å². The highest BCUT2D eigenvalue weighted by atomic mass is 32.2. The molecule has 0 aromatic heterocycles. The molecule has 0 amide bonds. The Balaban J connectivity index is 2.02. The molecular formula is C18H15F14O6S-. The third-order valence-corrected chi connectivity index (χ3v) is 8.03. The van der Waals surface area contributed by atoms with Gasteiger partial charge >= 0.3 is 46.8 Å². The van der Waals surface area contributed by atoms with Crippen molar-refractivity contribution in [3.05, 3.63) is 0 Å². The Bertz CT molecular complexity index is 945. The van der Waals surface area contributed by atoms with Crippen LogP contribution in [0.5, 0.6) is 0 Å². The summed E-state index contributed by atoms with van der Waals surface area (Å²) in [6.07, 6.45) is -9.11. The minimum Gasteiger partial charge on any atom is -0.691 e. The van der Waals surface area contributed by atoms with Crippen molar-refractivity contribution in [3.63, 3.8) is 0 Å². The van der Waals surface area contributed by atoms with E-state index in [0.29, 0.717) is 12.8 Å². The average Bonchev–Trinajstić information content (AvgIpc) is 2.78. The molecule has 4 aliphatic carbocycles. The molecule has 0 heterocycles. The summed E-state index contributed by atoms with van der Waals surface area (Å²) in [5.74, 6) is -45.7. The van der Waals surface area contributed by atoms with E-state index in [-0.39, 0.29) is 25.2 Å². The number of aliphatic hydroxyl groups is 1. The van der Waals surface area contributed by atoms with Crippen LogP contribution in [-0.2, 0) is 18.9 Å². The Morgan fingerprint density at radius 1 is 0.744 bits per heavy atom. The number of hydrogen-bond acceptors (Lipinski definition) is 7. The SMILES string of the molecule is O=C(OC12CC3CC(C1)C(O)C(C3)C2)C(F)(SOO[O-])C(F)(F)C(F)(F)C(F)(F)C(F)(F)C(F)(F)C(F)(F)F. The largest absolute Gasteiger partial charge is 0.691 e. The summed E-state index contributed by atoms with van der Waals surface area (Å²) in [4.78, 5) is 12.5. The predicted octanol–water partition coefficient (Wildman–Crippen LogP) is 4.75. The van der Waals surface area contributed by atoms with Crippen LogP contribution in [0.3, 0.4) is 0 Å². The molecule has 1 N–H and O–H groups in total. The van der Waals surface area contributed by atoms with E-state index >= 15 is 4.39 Å². The molecule has 3 atom stereocenters. The summed E-state index contributed by atoms with van der Waals surface area (Å²) in [6, 6.07) is 0. The molecule has 0 aromatic rings. The van der Waals surface area contributed by atoms with Gasteiger partial charge in [-0.1, -0.05) is 0 Å². The summed E-state index contributed by atoms with van der Waals surface area (Å²) in [5.41, 5.74) is -1.98. The van der Waals surface area contributed by atoms with E-state index in [1.165, 1.54) is 0 Å². The highest BCUT2D eigenvalue weighted by molar-refractivity contribution is 7.96. The molecule has 6 nitrogen and oxygen atoms in total. The smallest absolute Gasteiger partial charge is 0.460 e. The van der Waals surface area contributed by atoms with E-state index in [1.54, 1.807) is 0 Å². The maximum atomic E-state index is 15.3. The first-order valence-corrected chi connectivity index (χ1v) is 11.3. The molecule has 21 heteroatoms. The van der Waals surface area contributed by atoms with Crippen LogP contribution < -0.4 is 5.26 Å². The lowest BCUT2D eigenvalue weighted by atomic mass is 9.53. The standard InChI is InChI=1S/C18H16F14O6S/c19-12(39-38-37-35,10(34)36-11-3-6-1-7(4-11)9(33)8(2-6)5-11)13(20,21)14(22,23)15(24,25)16(26,27)17(28,29)18(30,31)32/h6-9,33,35H,1-5H2/p-1. The van der Waals surface area contributed by atoms with E-state index in [2.05, 4.69) is 14.1 Å². The number of rotatable bonds is 10. The summed E-state index contributed by atoms with van der Waals surface area (Å²) in [7, 11) is 0. The monoisotopic (exact) mass is 625 g/mol. The molecule has 0 spiro atoms. The summed E-state index contributed by atoms with van der Waals surface area (Å²) in [6.45, 7) is 0. The first-order chi connectivity index (χ1) is 17.4. The first-order valence-electron chi connectivity index (χ1n) is 10.6. The average molecular weight is 625 g/mol. The van der Waals surface area contributed by atoms with Gasteiger partial charge in [-0.2, -0.15) is 61.4 Å². The zero-order chi connectivity index (χ0) is 30.3. The van der Waals surface area contributed by atoms with Crippen molar-refractivity contribution in [1.82, 2.24) is 0 Å². The Labute approximate surface area is 212 Å². The van der Waals surface area contributed by atoms with Gasteiger partial charge in [-0.15, -0.1) is 0 Å². The molecule has 4 rings (SSSR count). The van der Waals surface area contributed by atoms with Crippen molar-refractivity contribution in [2.24, 2.45) is 17.8 Å². The number of halogens is 14. The van der Waals surface area contributed by atoms with Gasteiger partial charge in [0.2, 0.25) is 0 Å². The molecule has 4 saturated carbocycles. The first kappa shape index (κ1) is 32.2. The highest BCUT2D eigenvalue weighted by Crippen LogP contribution is 2.64. The molecule has 0 radical (unpaired) electrons. The second kappa shape index (κ2) is 9.35. The number of alkyl halides is 14. The van der Waals surface area contributed by atoms with Crippen molar-refractivity contribution in [3.8, 4) is 0 Å². The van der Waals surface area contributed by atoms with Crippen molar-refractivity contribution >= 4 is 18.0 Å². The zero-order valence-corrected chi connectivity index (χ0v) is 19.3. The molecule has 0 saturated heterocycles. The van der Waals surface area contributed by atoms with Crippen LogP contribution in [0.1, 0.15) is 32.1 Å². The van der Waals surface area contributed by atoms with Gasteiger partial charge in [-0.05, 0) is 49.9 Å². The Morgan fingerprint density at radius 2 is 1.18 bits per heavy atom. The van der Waals surface area contributed by atoms with E-state index in [4.69, 9.17) is 0 Å². The quantitative estimate of drug-likeness (QED) is 0.123. The third kappa shape index (κ3) is 4.44. The van der Waals surface area contributed by atoms with Gasteiger partial charge in [0, 0.05) is 0 Å². The maximum absolute atomic E-state index is 15.3. The lowest BCUT2D eigenvalue weighted by molar-refractivity contribution is -0.777. The lowest BCUT2D eigenvalue weighted by Crippen LogP contribution is -2.74. The number of hydrogen-bond donors (Lipinski definition) is 1. The highest BCUT2D eigenvalue weighted by Gasteiger charge is 2.94. The van der Waals surface area contributed by atoms with Crippen LogP contribution in [-0.4, -0.2) is 63.6 Å². The van der Waals surface area contributed by atoms with E-state index in [9.17, 15) is 72.2 Å². The van der Waals surface area contributed by atoms with E-state index in [1.807, 2.05) is 0 Å². The molecule has 0 aromatic carbocycles. The minimum atomic E-state index is -8.41. The summed E-state index contributed by atoms with van der Waals surface area (Å²) < 4.78 is 199. The van der Waals surface area contributed by atoms with Crippen molar-refractivity contribution in [1.29, 1.82) is 0 Å². The third-order valence-electron chi connectivity index (χ3n) is 7.25. The predicted molar refractivity (Wildman–Crippen MR) is 92.8 cm³/mol. The number of carbonyl (C=O) groups is 1. The Hall–Kier alpha value is -1.32. The topological polar surface area (TPSA) is 88.1 Å². The maximum Gasteiger partial charge on any atom is 0.460 e. The molecule has 39 heavy (non-hydrogen) atoms. The summed E-state index contributed by atoms with van der Waals surface area (Å²) >= 11 is -2.11. The van der Waals surface area contributed by atoms with Gasteiger partial charge in [0.25, 0.3) is 0 Å². The van der Waals surface area contributed by atoms with Crippen LogP contribution in [0.15, 0.2) is 0 Å². The minimum absolute atomic E-state index is 0.244. The molecule has 0 aliphatic heterocycles. The number of ether oxygens (including phenoxy) is 1. The number of aliphatic hydroxyl groups excluding tert-OH is 1. The van der Waals surface area contributed by atoms with Gasteiger partial charge in [-0.3, -0.25) is 5.04 Å². The zero-order valence-electron chi connectivity index (χ0n) is 18.5. The van der Waals surface area contributed by atoms with Crippen LogP contribution in [0.2, 0.25) is 0 Å². The molecule has 4 fully saturated rings. The number of carbonyl (C=O) groups excluding carboxylic acids is 1.